The normalized spacial score (nSPS) is 16.2. The first-order valence-electron chi connectivity index (χ1n) is 8.08. The first kappa shape index (κ1) is 16.8. The largest absolute Gasteiger partial charge is 0.391 e. The topological polar surface area (TPSA) is 52.6 Å². The molecule has 22 heavy (non-hydrogen) atoms. The molecule has 0 bridgehead atoms. The molecule has 1 fully saturated rings. The summed E-state index contributed by atoms with van der Waals surface area (Å²) in [7, 11) is 1.74. The van der Waals surface area contributed by atoms with Gasteiger partial charge in [-0.05, 0) is 36.2 Å². The second kappa shape index (κ2) is 7.14. The summed E-state index contributed by atoms with van der Waals surface area (Å²) in [6.45, 7) is 5.33. The van der Waals surface area contributed by atoms with Crippen molar-refractivity contribution in [1.29, 1.82) is 0 Å². The molecule has 0 aliphatic heterocycles. The number of nitrogens with one attached hydrogen (secondary N) is 1. The SMILES string of the molecule is CN(CC(O)C1CC1)C(=O)NCC(C)(C)Cc1ccccc1. The fourth-order valence-corrected chi connectivity index (χ4v) is 2.65. The molecule has 0 spiro atoms. The molecule has 4 nitrogen and oxygen atoms in total. The van der Waals surface area contributed by atoms with E-state index in [-0.39, 0.29) is 17.6 Å². The number of aliphatic hydroxyl groups excluding tert-OH is 1. The maximum atomic E-state index is 12.1. The van der Waals surface area contributed by atoms with Crippen molar-refractivity contribution < 1.29 is 9.90 Å². The van der Waals surface area contributed by atoms with E-state index in [0.717, 1.165) is 19.3 Å². The lowest BCUT2D eigenvalue weighted by Crippen LogP contribution is -2.45. The number of carbonyl (C=O) groups excluding carboxylic acids is 1. The number of likely N-dealkylation sites (N-methyl/N-ethyl adjacent to an activating group) is 1. The summed E-state index contributed by atoms with van der Waals surface area (Å²) in [6.07, 6.45) is 2.71. The van der Waals surface area contributed by atoms with Crippen LogP contribution in [0.1, 0.15) is 32.3 Å². The van der Waals surface area contributed by atoms with Gasteiger partial charge in [-0.2, -0.15) is 0 Å². The lowest BCUT2D eigenvalue weighted by atomic mass is 9.86. The Kier molecular flexibility index (Phi) is 5.46. The van der Waals surface area contributed by atoms with E-state index in [4.69, 9.17) is 0 Å². The smallest absolute Gasteiger partial charge is 0.317 e. The lowest BCUT2D eigenvalue weighted by Gasteiger charge is -2.27. The molecule has 1 atom stereocenters. The molecule has 1 aromatic carbocycles. The fraction of sp³-hybridized carbons (Fsp3) is 0.611. The van der Waals surface area contributed by atoms with Crippen LogP contribution in [-0.2, 0) is 6.42 Å². The van der Waals surface area contributed by atoms with Gasteiger partial charge in [0.2, 0.25) is 0 Å². The van der Waals surface area contributed by atoms with Crippen molar-refractivity contribution in [2.75, 3.05) is 20.1 Å². The number of nitrogens with zero attached hydrogens (tertiary/aromatic N) is 1. The molecule has 0 radical (unpaired) electrons. The van der Waals surface area contributed by atoms with E-state index < -0.39 is 0 Å². The van der Waals surface area contributed by atoms with Gasteiger partial charge in [-0.3, -0.25) is 0 Å². The van der Waals surface area contributed by atoms with E-state index in [0.29, 0.717) is 19.0 Å². The van der Waals surface area contributed by atoms with Crippen LogP contribution >= 0.6 is 0 Å². The molecule has 2 amide bonds. The predicted molar refractivity (Wildman–Crippen MR) is 88.7 cm³/mol. The molecule has 1 aliphatic rings. The van der Waals surface area contributed by atoms with Gasteiger partial charge >= 0.3 is 6.03 Å². The van der Waals surface area contributed by atoms with Gasteiger partial charge in [-0.1, -0.05) is 44.2 Å². The quantitative estimate of drug-likeness (QED) is 0.813. The second-order valence-electron chi connectivity index (χ2n) is 7.27. The molecule has 1 unspecified atom stereocenters. The number of hydrogen-bond donors (Lipinski definition) is 2. The third-order valence-corrected chi connectivity index (χ3v) is 4.22. The minimum absolute atomic E-state index is 0.00698. The Balaban J connectivity index is 1.76. The van der Waals surface area contributed by atoms with Crippen LogP contribution in [0.2, 0.25) is 0 Å². The second-order valence-corrected chi connectivity index (χ2v) is 7.27. The van der Waals surface area contributed by atoms with Gasteiger partial charge in [-0.15, -0.1) is 0 Å². The summed E-state index contributed by atoms with van der Waals surface area (Å²) in [5, 5.41) is 12.9. The van der Waals surface area contributed by atoms with Gasteiger partial charge in [0.25, 0.3) is 0 Å². The van der Waals surface area contributed by atoms with Crippen molar-refractivity contribution in [2.24, 2.45) is 11.3 Å². The summed E-state index contributed by atoms with van der Waals surface area (Å²) in [4.78, 5) is 13.7. The Morgan fingerprint density at radius 1 is 1.36 bits per heavy atom. The van der Waals surface area contributed by atoms with Crippen LogP contribution in [0.3, 0.4) is 0 Å². The van der Waals surface area contributed by atoms with Crippen LogP contribution in [0, 0.1) is 11.3 Å². The highest BCUT2D eigenvalue weighted by atomic mass is 16.3. The van der Waals surface area contributed by atoms with Gasteiger partial charge in [0.1, 0.15) is 0 Å². The molecule has 0 aromatic heterocycles. The highest BCUT2D eigenvalue weighted by molar-refractivity contribution is 5.73. The molecule has 2 rings (SSSR count). The number of benzene rings is 1. The Bertz CT molecular complexity index is 483. The van der Waals surface area contributed by atoms with E-state index in [1.165, 1.54) is 5.56 Å². The Morgan fingerprint density at radius 3 is 2.59 bits per heavy atom. The maximum absolute atomic E-state index is 12.1. The molecule has 4 heteroatoms. The van der Waals surface area contributed by atoms with E-state index in [2.05, 4.69) is 31.3 Å². The number of rotatable bonds is 7. The highest BCUT2D eigenvalue weighted by Gasteiger charge is 2.31. The minimum atomic E-state index is -0.381. The summed E-state index contributed by atoms with van der Waals surface area (Å²) < 4.78 is 0. The Labute approximate surface area is 133 Å². The van der Waals surface area contributed by atoms with Gasteiger partial charge in [0, 0.05) is 20.1 Å². The number of amides is 2. The molecular formula is C18H28N2O2. The standard InChI is InChI=1S/C18H28N2O2/c1-18(2,11-14-7-5-4-6-8-14)13-19-17(22)20(3)12-16(21)15-9-10-15/h4-8,15-16,21H,9-13H2,1-3H3,(H,19,22). The van der Waals surface area contributed by atoms with Gasteiger partial charge in [0.05, 0.1) is 6.10 Å². The maximum Gasteiger partial charge on any atom is 0.317 e. The number of carbonyl (C=O) groups is 1. The van der Waals surface area contributed by atoms with Gasteiger partial charge in [0.15, 0.2) is 0 Å². The predicted octanol–water partition coefficient (Wildman–Crippen LogP) is 2.67. The zero-order valence-corrected chi connectivity index (χ0v) is 13.9. The highest BCUT2D eigenvalue weighted by Crippen LogP contribution is 2.32. The summed E-state index contributed by atoms with van der Waals surface area (Å²) in [6, 6.07) is 10.2. The number of aliphatic hydroxyl groups is 1. The number of urea groups is 1. The average Bonchev–Trinajstić information content (AvgIpc) is 3.30. The molecular weight excluding hydrogens is 276 g/mol. The summed E-state index contributed by atoms with van der Waals surface area (Å²) >= 11 is 0. The fourth-order valence-electron chi connectivity index (χ4n) is 2.65. The van der Waals surface area contributed by atoms with Crippen LogP contribution in [0.25, 0.3) is 0 Å². The van der Waals surface area contributed by atoms with Crippen LogP contribution in [0.15, 0.2) is 30.3 Å². The monoisotopic (exact) mass is 304 g/mol. The van der Waals surface area contributed by atoms with E-state index >= 15 is 0 Å². The molecule has 2 N–H and O–H groups in total. The van der Waals surface area contributed by atoms with Crippen molar-refractivity contribution >= 4 is 6.03 Å². The van der Waals surface area contributed by atoms with Crippen molar-refractivity contribution in [3.05, 3.63) is 35.9 Å². The van der Waals surface area contributed by atoms with Crippen molar-refractivity contribution in [1.82, 2.24) is 10.2 Å². The van der Waals surface area contributed by atoms with Crippen molar-refractivity contribution in [2.45, 2.75) is 39.2 Å². The van der Waals surface area contributed by atoms with E-state index in [9.17, 15) is 9.90 Å². The third kappa shape index (κ3) is 5.34. The van der Waals surface area contributed by atoms with Crippen molar-refractivity contribution in [3.8, 4) is 0 Å². The van der Waals surface area contributed by atoms with Gasteiger partial charge < -0.3 is 15.3 Å². The Morgan fingerprint density at radius 2 is 2.00 bits per heavy atom. The van der Waals surface area contributed by atoms with Crippen LogP contribution < -0.4 is 5.32 Å². The zero-order valence-electron chi connectivity index (χ0n) is 13.9. The molecule has 1 aliphatic carbocycles. The molecule has 122 valence electrons. The van der Waals surface area contributed by atoms with E-state index in [1.54, 1.807) is 11.9 Å². The minimum Gasteiger partial charge on any atom is -0.391 e. The zero-order chi connectivity index (χ0) is 16.2. The van der Waals surface area contributed by atoms with E-state index in [1.807, 2.05) is 18.2 Å². The van der Waals surface area contributed by atoms with Crippen LogP contribution in [0.4, 0.5) is 4.79 Å². The summed E-state index contributed by atoms with van der Waals surface area (Å²) in [5.74, 6) is 0.393. The Hall–Kier alpha value is -1.55. The van der Waals surface area contributed by atoms with Crippen molar-refractivity contribution in [3.63, 3.8) is 0 Å². The lowest BCUT2D eigenvalue weighted by molar-refractivity contribution is 0.112. The van der Waals surface area contributed by atoms with Crippen LogP contribution in [0.5, 0.6) is 0 Å². The third-order valence-electron chi connectivity index (χ3n) is 4.22. The molecule has 1 aromatic rings. The number of hydrogen-bond acceptors (Lipinski definition) is 2. The summed E-state index contributed by atoms with van der Waals surface area (Å²) in [5.41, 5.74) is 1.27. The van der Waals surface area contributed by atoms with Gasteiger partial charge in [-0.25, -0.2) is 4.79 Å². The molecule has 1 saturated carbocycles. The molecule has 0 saturated heterocycles. The first-order chi connectivity index (χ1) is 10.4. The first-order valence-corrected chi connectivity index (χ1v) is 8.08. The molecule has 0 heterocycles. The average molecular weight is 304 g/mol. The van der Waals surface area contributed by atoms with Crippen LogP contribution in [-0.4, -0.2) is 42.3 Å².